The topological polar surface area (TPSA) is 100 Å². The largest absolute Gasteiger partial charge is 0.467 e. The number of alkyl halides is 3. The Bertz CT molecular complexity index is 1080. The highest BCUT2D eigenvalue weighted by atomic mass is 19.4. The van der Waals surface area contributed by atoms with Crippen LogP contribution in [0.4, 0.5) is 13.2 Å². The predicted octanol–water partition coefficient (Wildman–Crippen LogP) is 4.39. The number of amides is 2. The number of hydrogen-bond donors (Lipinski definition) is 3. The molecule has 1 aromatic carbocycles. The summed E-state index contributed by atoms with van der Waals surface area (Å²) in [6, 6.07) is 6.02. The van der Waals surface area contributed by atoms with Gasteiger partial charge in [0.25, 0.3) is 0 Å². The molecule has 228 valence electrons. The maximum atomic E-state index is 12.5. The number of aliphatic hydroxyl groups is 1. The molecule has 0 aromatic heterocycles. The first kappa shape index (κ1) is 32.6. The lowest BCUT2D eigenvalue weighted by Gasteiger charge is -2.32. The number of fused-ring (bicyclic) bond motifs is 2. The van der Waals surface area contributed by atoms with Crippen molar-refractivity contribution in [3.8, 4) is 5.75 Å². The average Bonchev–Trinajstić information content (AvgIpc) is 3.43. The number of carbonyl (C=O) groups is 2. The van der Waals surface area contributed by atoms with Crippen LogP contribution >= 0.6 is 0 Å². The van der Waals surface area contributed by atoms with Crippen LogP contribution in [0.2, 0.25) is 0 Å². The lowest BCUT2D eigenvalue weighted by Crippen LogP contribution is -2.40. The van der Waals surface area contributed by atoms with E-state index in [1.807, 2.05) is 32.0 Å². The maximum absolute atomic E-state index is 12.5. The Morgan fingerprint density at radius 1 is 1.27 bits per heavy atom. The normalized spacial score (nSPS) is 23.6. The van der Waals surface area contributed by atoms with E-state index in [4.69, 9.17) is 9.47 Å². The highest BCUT2D eigenvalue weighted by Gasteiger charge is 2.59. The first-order valence-corrected chi connectivity index (χ1v) is 14.1. The van der Waals surface area contributed by atoms with E-state index in [1.54, 1.807) is 6.08 Å². The molecule has 4 rings (SSSR count). The van der Waals surface area contributed by atoms with Gasteiger partial charge >= 0.3 is 6.18 Å². The molecule has 3 N–H and O–H groups in total. The fourth-order valence-corrected chi connectivity index (χ4v) is 5.59. The summed E-state index contributed by atoms with van der Waals surface area (Å²) < 4.78 is 47.2. The van der Waals surface area contributed by atoms with Crippen molar-refractivity contribution in [2.75, 3.05) is 26.4 Å². The van der Waals surface area contributed by atoms with Crippen LogP contribution in [0.15, 0.2) is 43.1 Å². The fourth-order valence-electron chi connectivity index (χ4n) is 5.59. The van der Waals surface area contributed by atoms with Gasteiger partial charge in [0, 0.05) is 36.8 Å². The van der Waals surface area contributed by atoms with Gasteiger partial charge < -0.3 is 25.2 Å². The summed E-state index contributed by atoms with van der Waals surface area (Å²) in [5.41, 5.74) is 0.773. The molecular formula is C30H42F3N3O5. The minimum Gasteiger partial charge on any atom is -0.467 e. The van der Waals surface area contributed by atoms with Crippen molar-refractivity contribution in [1.29, 1.82) is 0 Å². The summed E-state index contributed by atoms with van der Waals surface area (Å²) in [6.45, 7) is 11.2. The van der Waals surface area contributed by atoms with Crippen molar-refractivity contribution in [2.45, 2.75) is 70.9 Å². The van der Waals surface area contributed by atoms with Gasteiger partial charge in [-0.25, -0.2) is 0 Å². The summed E-state index contributed by atoms with van der Waals surface area (Å²) >= 11 is 0. The molecule has 2 aliphatic heterocycles. The van der Waals surface area contributed by atoms with E-state index in [9.17, 15) is 27.9 Å². The first-order chi connectivity index (χ1) is 19.4. The van der Waals surface area contributed by atoms with Gasteiger partial charge in [0.05, 0.1) is 25.2 Å². The molecule has 1 aliphatic carbocycles. The van der Waals surface area contributed by atoms with Gasteiger partial charge in [0.2, 0.25) is 11.8 Å². The average molecular weight is 582 g/mol. The summed E-state index contributed by atoms with van der Waals surface area (Å²) in [5.74, 6) is 0.363. The fraction of sp³-hybridized carbons (Fsp3) is 0.600. The van der Waals surface area contributed by atoms with Crippen LogP contribution in [-0.4, -0.2) is 60.5 Å². The Hall–Kier alpha value is -2.89. The smallest absolute Gasteiger partial charge is 0.392 e. The number of likely N-dealkylation sites (tertiary alicyclic amines) is 1. The molecule has 1 aromatic rings. The molecule has 2 heterocycles. The molecule has 2 amide bonds. The number of ether oxygens (including phenoxy) is 2. The summed E-state index contributed by atoms with van der Waals surface area (Å²) in [6.07, 6.45) is 0.397. The van der Waals surface area contributed by atoms with Gasteiger partial charge in [-0.15, -0.1) is 6.58 Å². The van der Waals surface area contributed by atoms with E-state index in [0.29, 0.717) is 13.0 Å². The van der Waals surface area contributed by atoms with E-state index >= 15 is 0 Å². The molecule has 1 saturated carbocycles. The first-order valence-electron chi connectivity index (χ1n) is 14.1. The van der Waals surface area contributed by atoms with Crippen LogP contribution in [0, 0.1) is 17.8 Å². The number of benzene rings is 1. The number of halogens is 3. The zero-order valence-electron chi connectivity index (χ0n) is 24.0. The number of hydrogen-bond acceptors (Lipinski definition) is 6. The predicted molar refractivity (Wildman–Crippen MR) is 148 cm³/mol. The molecule has 0 bridgehead atoms. The summed E-state index contributed by atoms with van der Waals surface area (Å²) in [5, 5.41) is 16.0. The lowest BCUT2D eigenvalue weighted by atomic mass is 9.87. The number of rotatable bonds is 11. The Morgan fingerprint density at radius 2 is 1.95 bits per heavy atom. The highest BCUT2D eigenvalue weighted by molar-refractivity contribution is 5.88. The Labute approximate surface area is 239 Å². The van der Waals surface area contributed by atoms with Crippen molar-refractivity contribution in [3.63, 3.8) is 0 Å². The third-order valence-corrected chi connectivity index (χ3v) is 7.85. The SMILES string of the molecule is C=CC.CCC(CCC(C)(O)c1ccc2c(c1)COCO2)N1CC2C(C1)C2C(=O)NCC(=O)N/C=C/CC(F)(F)F. The van der Waals surface area contributed by atoms with Gasteiger partial charge in [-0.05, 0) is 62.6 Å². The molecule has 11 heteroatoms. The second-order valence-corrected chi connectivity index (χ2v) is 11.0. The second kappa shape index (κ2) is 14.3. The molecule has 3 aliphatic rings. The van der Waals surface area contributed by atoms with Crippen LogP contribution in [0.3, 0.4) is 0 Å². The molecule has 4 atom stereocenters. The number of allylic oxidation sites excluding steroid dienone is 2. The van der Waals surface area contributed by atoms with Crippen molar-refractivity contribution < 1.29 is 37.3 Å². The number of nitrogens with zero attached hydrogens (tertiary/aromatic N) is 1. The Morgan fingerprint density at radius 3 is 2.59 bits per heavy atom. The Kier molecular flexibility index (Phi) is 11.4. The molecule has 41 heavy (non-hydrogen) atoms. The van der Waals surface area contributed by atoms with Gasteiger partial charge in [-0.1, -0.05) is 25.1 Å². The van der Waals surface area contributed by atoms with Crippen LogP contribution < -0.4 is 15.4 Å². The van der Waals surface area contributed by atoms with E-state index in [1.165, 1.54) is 0 Å². The number of piperidine rings is 1. The minimum atomic E-state index is -4.32. The Balaban J connectivity index is 0.00000147. The summed E-state index contributed by atoms with van der Waals surface area (Å²) in [7, 11) is 0. The van der Waals surface area contributed by atoms with Crippen molar-refractivity contribution in [1.82, 2.24) is 15.5 Å². The van der Waals surface area contributed by atoms with Crippen molar-refractivity contribution >= 4 is 11.8 Å². The number of nitrogens with one attached hydrogen (secondary N) is 2. The highest BCUT2D eigenvalue weighted by Crippen LogP contribution is 2.52. The zero-order chi connectivity index (χ0) is 30.2. The van der Waals surface area contributed by atoms with Gasteiger partial charge in [0.1, 0.15) is 5.75 Å². The molecule has 0 spiro atoms. The minimum absolute atomic E-state index is 0.139. The van der Waals surface area contributed by atoms with Crippen molar-refractivity contribution in [2.24, 2.45) is 17.8 Å². The molecule has 1 saturated heterocycles. The standard InChI is InChI=1S/C27H36F3N3O5.C3H6/c1-3-19(7-9-26(2,36)18-5-6-22-17(11-18)15-37-16-38-22)33-13-20-21(14-33)24(20)25(35)32-12-23(34)31-10-4-8-27(28,29)30;1-3-2/h4-6,10-11,19-21,24,36H,3,7-9,12-16H2,1-2H3,(H,31,34)(H,32,35);3H,1H2,2H3/b10-4+;. The van der Waals surface area contributed by atoms with E-state index in [-0.39, 0.29) is 43.0 Å². The molecule has 8 nitrogen and oxygen atoms in total. The molecule has 0 radical (unpaired) electrons. The number of carbonyl (C=O) groups excluding carboxylic acids is 2. The zero-order valence-corrected chi connectivity index (χ0v) is 24.0. The maximum Gasteiger partial charge on any atom is 0.392 e. The van der Waals surface area contributed by atoms with Crippen LogP contribution in [0.1, 0.15) is 57.6 Å². The summed E-state index contributed by atoms with van der Waals surface area (Å²) in [4.78, 5) is 26.7. The van der Waals surface area contributed by atoms with Crippen LogP contribution in [-0.2, 0) is 26.5 Å². The molecule has 4 unspecified atom stereocenters. The van der Waals surface area contributed by atoms with E-state index in [2.05, 4.69) is 29.0 Å². The van der Waals surface area contributed by atoms with Crippen LogP contribution in [0.25, 0.3) is 0 Å². The van der Waals surface area contributed by atoms with E-state index < -0.39 is 24.1 Å². The van der Waals surface area contributed by atoms with Crippen LogP contribution in [0.5, 0.6) is 5.75 Å². The molecule has 2 fully saturated rings. The lowest BCUT2D eigenvalue weighted by molar-refractivity contribution is -0.127. The third-order valence-electron chi connectivity index (χ3n) is 7.85. The van der Waals surface area contributed by atoms with E-state index in [0.717, 1.165) is 55.1 Å². The third kappa shape index (κ3) is 9.31. The monoisotopic (exact) mass is 581 g/mol. The van der Waals surface area contributed by atoms with Crippen molar-refractivity contribution in [3.05, 3.63) is 54.3 Å². The van der Waals surface area contributed by atoms with Gasteiger partial charge in [-0.2, -0.15) is 13.2 Å². The quantitative estimate of drug-likeness (QED) is 0.336. The second-order valence-electron chi connectivity index (χ2n) is 11.0. The van der Waals surface area contributed by atoms with Gasteiger partial charge in [0.15, 0.2) is 6.79 Å². The van der Waals surface area contributed by atoms with Gasteiger partial charge in [-0.3, -0.25) is 14.5 Å². The molecular weight excluding hydrogens is 539 g/mol.